The highest BCUT2D eigenvalue weighted by atomic mass is 35.5. The molecule has 0 heterocycles. The zero-order valence-corrected chi connectivity index (χ0v) is 12.5. The number of nitrogens with one attached hydrogen (secondary N) is 1. The van der Waals surface area contributed by atoms with Crippen molar-refractivity contribution in [2.24, 2.45) is 5.84 Å². The van der Waals surface area contributed by atoms with Crippen molar-refractivity contribution in [2.45, 2.75) is 13.0 Å². The number of hydrogen-bond acceptors (Lipinski definition) is 2. The average molecular weight is 316 g/mol. The Morgan fingerprint density at radius 2 is 1.68 bits per heavy atom. The number of aryl methyl sites for hydroxylation is 1. The van der Waals surface area contributed by atoms with E-state index in [0.29, 0.717) is 15.1 Å². The van der Waals surface area contributed by atoms with Gasteiger partial charge in [0.05, 0.1) is 6.04 Å². The van der Waals surface area contributed by atoms with Gasteiger partial charge in [0.1, 0.15) is 0 Å². The quantitative estimate of drug-likeness (QED) is 0.646. The van der Waals surface area contributed by atoms with Gasteiger partial charge in [-0.1, -0.05) is 46.9 Å². The zero-order chi connectivity index (χ0) is 14.0. The fraction of sp³-hybridized carbons (Fsp3) is 0.143. The third-order valence-electron chi connectivity index (χ3n) is 2.90. The van der Waals surface area contributed by atoms with Crippen LogP contribution in [0.25, 0.3) is 0 Å². The number of rotatable bonds is 3. The molecule has 0 saturated carbocycles. The van der Waals surface area contributed by atoms with E-state index in [1.54, 1.807) is 18.2 Å². The van der Waals surface area contributed by atoms with Crippen LogP contribution in [0.4, 0.5) is 0 Å². The first-order valence-corrected chi connectivity index (χ1v) is 6.83. The highest BCUT2D eigenvalue weighted by Gasteiger charge is 2.18. The molecule has 5 heteroatoms. The zero-order valence-electron chi connectivity index (χ0n) is 10.3. The number of hydrogen-bond donors (Lipinski definition) is 2. The number of nitrogens with two attached hydrogens (primary N) is 1. The average Bonchev–Trinajstić information content (AvgIpc) is 2.36. The third-order valence-corrected chi connectivity index (χ3v) is 3.81. The largest absolute Gasteiger partial charge is 0.271 e. The Bertz CT molecular complexity index is 599. The van der Waals surface area contributed by atoms with Crippen LogP contribution in [0.5, 0.6) is 0 Å². The van der Waals surface area contributed by atoms with E-state index in [1.807, 2.05) is 25.1 Å². The molecule has 0 amide bonds. The normalized spacial score (nSPS) is 12.5. The van der Waals surface area contributed by atoms with Gasteiger partial charge in [-0.25, -0.2) is 5.43 Å². The van der Waals surface area contributed by atoms with E-state index < -0.39 is 0 Å². The van der Waals surface area contributed by atoms with E-state index in [9.17, 15) is 0 Å². The van der Waals surface area contributed by atoms with Crippen molar-refractivity contribution in [2.75, 3.05) is 0 Å². The van der Waals surface area contributed by atoms with Crippen LogP contribution in [-0.2, 0) is 0 Å². The van der Waals surface area contributed by atoms with Gasteiger partial charge in [-0.05, 0) is 47.9 Å². The molecule has 0 spiro atoms. The molecule has 0 radical (unpaired) electrons. The molecule has 0 fully saturated rings. The number of hydrazine groups is 1. The first-order valence-electron chi connectivity index (χ1n) is 5.70. The Hall–Kier alpha value is -0.770. The van der Waals surface area contributed by atoms with Gasteiger partial charge in [-0.15, -0.1) is 0 Å². The lowest BCUT2D eigenvalue weighted by Crippen LogP contribution is -2.29. The van der Waals surface area contributed by atoms with Crippen molar-refractivity contribution < 1.29 is 0 Å². The van der Waals surface area contributed by atoms with E-state index in [4.69, 9.17) is 40.6 Å². The molecule has 1 unspecified atom stereocenters. The summed E-state index contributed by atoms with van der Waals surface area (Å²) in [6.07, 6.45) is 0. The van der Waals surface area contributed by atoms with Crippen LogP contribution >= 0.6 is 34.8 Å². The van der Waals surface area contributed by atoms with Gasteiger partial charge in [-0.2, -0.15) is 0 Å². The minimum Gasteiger partial charge on any atom is -0.271 e. The minimum absolute atomic E-state index is 0.306. The van der Waals surface area contributed by atoms with Crippen LogP contribution in [0.15, 0.2) is 36.4 Å². The lowest BCUT2D eigenvalue weighted by atomic mass is 9.98. The molecule has 3 N–H and O–H groups in total. The molecule has 0 bridgehead atoms. The molecular weight excluding hydrogens is 303 g/mol. The summed E-state index contributed by atoms with van der Waals surface area (Å²) in [6, 6.07) is 10.7. The molecule has 2 rings (SSSR count). The smallest absolute Gasteiger partial charge is 0.0739 e. The van der Waals surface area contributed by atoms with Crippen LogP contribution < -0.4 is 11.3 Å². The molecule has 0 aliphatic heterocycles. The van der Waals surface area contributed by atoms with Gasteiger partial charge in [0.25, 0.3) is 0 Å². The molecule has 2 nitrogen and oxygen atoms in total. The number of benzene rings is 2. The summed E-state index contributed by atoms with van der Waals surface area (Å²) in [5, 5.41) is 1.82. The SMILES string of the molecule is Cc1ccc(C(NN)c2cc(Cl)ccc2Cl)c(Cl)c1. The molecule has 0 aliphatic carbocycles. The van der Waals surface area contributed by atoms with E-state index in [0.717, 1.165) is 16.7 Å². The summed E-state index contributed by atoms with van der Waals surface area (Å²) in [5.74, 6) is 5.65. The fourth-order valence-electron chi connectivity index (χ4n) is 1.95. The molecular formula is C14H13Cl3N2. The Morgan fingerprint density at radius 3 is 2.32 bits per heavy atom. The Balaban J connectivity index is 2.52. The van der Waals surface area contributed by atoms with E-state index in [-0.39, 0.29) is 6.04 Å². The second kappa shape index (κ2) is 6.12. The van der Waals surface area contributed by atoms with Crippen molar-refractivity contribution in [1.29, 1.82) is 0 Å². The summed E-state index contributed by atoms with van der Waals surface area (Å²) < 4.78 is 0. The molecule has 0 aliphatic rings. The van der Waals surface area contributed by atoms with Crippen molar-refractivity contribution in [1.82, 2.24) is 5.43 Å². The highest BCUT2D eigenvalue weighted by molar-refractivity contribution is 6.34. The van der Waals surface area contributed by atoms with Crippen molar-refractivity contribution in [3.8, 4) is 0 Å². The molecule has 2 aromatic rings. The monoisotopic (exact) mass is 314 g/mol. The van der Waals surface area contributed by atoms with Crippen LogP contribution in [-0.4, -0.2) is 0 Å². The van der Waals surface area contributed by atoms with Gasteiger partial charge in [0.15, 0.2) is 0 Å². The van der Waals surface area contributed by atoms with Gasteiger partial charge < -0.3 is 0 Å². The number of halogens is 3. The summed E-state index contributed by atoms with van der Waals surface area (Å²) in [5.41, 5.74) is 5.47. The van der Waals surface area contributed by atoms with Gasteiger partial charge in [-0.3, -0.25) is 5.84 Å². The Morgan fingerprint density at radius 1 is 0.947 bits per heavy atom. The summed E-state index contributed by atoms with van der Waals surface area (Å²) in [7, 11) is 0. The fourth-order valence-corrected chi connectivity index (χ4v) is 2.70. The van der Waals surface area contributed by atoms with E-state index in [1.165, 1.54) is 0 Å². The summed E-state index contributed by atoms with van der Waals surface area (Å²) in [6.45, 7) is 1.98. The van der Waals surface area contributed by atoms with Crippen LogP contribution in [0.2, 0.25) is 15.1 Å². The van der Waals surface area contributed by atoms with E-state index >= 15 is 0 Å². The predicted molar refractivity (Wildman–Crippen MR) is 81.8 cm³/mol. The maximum Gasteiger partial charge on any atom is 0.0739 e. The van der Waals surface area contributed by atoms with Gasteiger partial charge in [0.2, 0.25) is 0 Å². The highest BCUT2D eigenvalue weighted by Crippen LogP contribution is 2.33. The maximum atomic E-state index is 6.27. The first kappa shape index (κ1) is 14.6. The van der Waals surface area contributed by atoms with Crippen LogP contribution in [0.1, 0.15) is 22.7 Å². The summed E-state index contributed by atoms with van der Waals surface area (Å²) in [4.78, 5) is 0. The lowest BCUT2D eigenvalue weighted by molar-refractivity contribution is 0.637. The van der Waals surface area contributed by atoms with Gasteiger partial charge in [0, 0.05) is 15.1 Å². The molecule has 100 valence electrons. The Labute approximate surface area is 127 Å². The van der Waals surface area contributed by atoms with E-state index in [2.05, 4.69) is 5.43 Å². The maximum absolute atomic E-state index is 6.27. The topological polar surface area (TPSA) is 38.0 Å². The van der Waals surface area contributed by atoms with Crippen molar-refractivity contribution in [3.05, 3.63) is 68.2 Å². The molecule has 2 aromatic carbocycles. The van der Waals surface area contributed by atoms with Gasteiger partial charge >= 0.3 is 0 Å². The molecule has 0 saturated heterocycles. The van der Waals surface area contributed by atoms with Crippen LogP contribution in [0.3, 0.4) is 0 Å². The molecule has 0 aromatic heterocycles. The lowest BCUT2D eigenvalue weighted by Gasteiger charge is -2.20. The van der Waals surface area contributed by atoms with Crippen molar-refractivity contribution in [3.63, 3.8) is 0 Å². The molecule has 1 atom stereocenters. The first-order chi connectivity index (χ1) is 9.02. The minimum atomic E-state index is -0.306. The molecule has 19 heavy (non-hydrogen) atoms. The predicted octanol–water partition coefficient (Wildman–Crippen LogP) is 4.51. The third kappa shape index (κ3) is 3.22. The summed E-state index contributed by atoms with van der Waals surface area (Å²) >= 11 is 18.5. The van der Waals surface area contributed by atoms with Crippen molar-refractivity contribution >= 4 is 34.8 Å². The van der Waals surface area contributed by atoms with Crippen LogP contribution in [0, 0.1) is 6.92 Å². The second-order valence-electron chi connectivity index (χ2n) is 4.29. The standard InChI is InChI=1S/C14H13Cl3N2/c1-8-2-4-10(13(17)6-8)14(19-18)11-7-9(15)3-5-12(11)16/h2-7,14,19H,18H2,1H3. The second-order valence-corrected chi connectivity index (χ2v) is 5.54. The Kier molecular flexibility index (Phi) is 4.71.